The molecule has 0 unspecified atom stereocenters. The second-order valence-electron chi connectivity index (χ2n) is 6.32. The molecule has 8 heteroatoms. The number of likely N-dealkylation sites (tertiary alicyclic amines) is 1. The highest BCUT2D eigenvalue weighted by molar-refractivity contribution is 5.97. The lowest BCUT2D eigenvalue weighted by molar-refractivity contribution is -0.384. The van der Waals surface area contributed by atoms with Crippen molar-refractivity contribution in [2.45, 2.75) is 13.0 Å². The first-order valence-electron chi connectivity index (χ1n) is 8.42. The van der Waals surface area contributed by atoms with Gasteiger partial charge in [-0.05, 0) is 23.8 Å². The van der Waals surface area contributed by atoms with Crippen LogP contribution >= 0.6 is 0 Å². The van der Waals surface area contributed by atoms with Crippen molar-refractivity contribution >= 4 is 23.2 Å². The first-order valence-corrected chi connectivity index (χ1v) is 8.42. The van der Waals surface area contributed by atoms with Crippen molar-refractivity contribution in [3.8, 4) is 5.75 Å². The van der Waals surface area contributed by atoms with E-state index in [1.54, 1.807) is 18.1 Å². The number of nitro benzene ring substituents is 1. The SMILES string of the molecule is COc1ccc(CN2C[C@H](C(=O)Nc3cccc([N+](=O)[O-])c3)CC2=O)cc1. The third kappa shape index (κ3) is 4.41. The van der Waals surface area contributed by atoms with Crippen LogP contribution in [0.5, 0.6) is 5.75 Å². The highest BCUT2D eigenvalue weighted by atomic mass is 16.6. The lowest BCUT2D eigenvalue weighted by Gasteiger charge is -2.17. The van der Waals surface area contributed by atoms with Gasteiger partial charge in [-0.25, -0.2) is 0 Å². The van der Waals surface area contributed by atoms with Crippen molar-refractivity contribution in [1.82, 2.24) is 4.90 Å². The molecule has 1 aliphatic rings. The van der Waals surface area contributed by atoms with Crippen LogP contribution in [0.25, 0.3) is 0 Å². The predicted octanol–water partition coefficient (Wildman–Crippen LogP) is 2.59. The maximum atomic E-state index is 12.4. The molecule has 27 heavy (non-hydrogen) atoms. The molecule has 3 rings (SSSR count). The van der Waals surface area contributed by atoms with E-state index in [1.165, 1.54) is 18.2 Å². The third-order valence-electron chi connectivity index (χ3n) is 4.44. The normalized spacial score (nSPS) is 16.3. The molecule has 0 aliphatic carbocycles. The Morgan fingerprint density at radius 3 is 2.70 bits per heavy atom. The number of methoxy groups -OCH3 is 1. The van der Waals surface area contributed by atoms with Gasteiger partial charge in [0.1, 0.15) is 5.75 Å². The molecule has 1 heterocycles. The van der Waals surface area contributed by atoms with Crippen LogP contribution < -0.4 is 10.1 Å². The Bertz CT molecular complexity index is 866. The van der Waals surface area contributed by atoms with Gasteiger partial charge in [-0.3, -0.25) is 19.7 Å². The number of non-ortho nitro benzene ring substituents is 1. The first kappa shape index (κ1) is 18.4. The Kier molecular flexibility index (Phi) is 5.35. The summed E-state index contributed by atoms with van der Waals surface area (Å²) in [5.74, 6) is -0.165. The fraction of sp³-hybridized carbons (Fsp3) is 0.263. The van der Waals surface area contributed by atoms with Crippen LogP contribution in [0.4, 0.5) is 11.4 Å². The topological polar surface area (TPSA) is 102 Å². The molecule has 1 N–H and O–H groups in total. The fourth-order valence-corrected chi connectivity index (χ4v) is 2.99. The summed E-state index contributed by atoms with van der Waals surface area (Å²) >= 11 is 0. The molecular formula is C19H19N3O5. The molecule has 2 amide bonds. The van der Waals surface area contributed by atoms with Gasteiger partial charge in [0.25, 0.3) is 5.69 Å². The van der Waals surface area contributed by atoms with E-state index in [2.05, 4.69) is 5.32 Å². The third-order valence-corrected chi connectivity index (χ3v) is 4.44. The van der Waals surface area contributed by atoms with Gasteiger partial charge in [0.15, 0.2) is 0 Å². The molecule has 1 atom stereocenters. The number of amides is 2. The number of nitrogens with zero attached hydrogens (tertiary/aromatic N) is 2. The molecule has 0 radical (unpaired) electrons. The molecule has 1 saturated heterocycles. The van der Waals surface area contributed by atoms with Gasteiger partial charge >= 0.3 is 0 Å². The monoisotopic (exact) mass is 369 g/mol. The zero-order chi connectivity index (χ0) is 19.4. The minimum Gasteiger partial charge on any atom is -0.497 e. The van der Waals surface area contributed by atoms with Crippen molar-refractivity contribution in [2.75, 3.05) is 19.0 Å². The van der Waals surface area contributed by atoms with E-state index in [0.29, 0.717) is 18.8 Å². The largest absolute Gasteiger partial charge is 0.497 e. The Balaban J connectivity index is 1.61. The molecule has 2 aromatic carbocycles. The highest BCUT2D eigenvalue weighted by Gasteiger charge is 2.34. The molecule has 0 aromatic heterocycles. The number of hydrogen-bond donors (Lipinski definition) is 1. The molecule has 0 spiro atoms. The summed E-state index contributed by atoms with van der Waals surface area (Å²) in [4.78, 5) is 36.6. The summed E-state index contributed by atoms with van der Waals surface area (Å²) in [6.45, 7) is 0.731. The predicted molar refractivity (Wildman–Crippen MR) is 98.2 cm³/mol. The lowest BCUT2D eigenvalue weighted by Crippen LogP contribution is -2.28. The van der Waals surface area contributed by atoms with E-state index in [9.17, 15) is 19.7 Å². The Morgan fingerprint density at radius 1 is 1.30 bits per heavy atom. The number of anilines is 1. The summed E-state index contributed by atoms with van der Waals surface area (Å²) in [5, 5.41) is 13.5. The van der Waals surface area contributed by atoms with Gasteiger partial charge in [0.2, 0.25) is 11.8 Å². The van der Waals surface area contributed by atoms with Crippen LogP contribution in [0.1, 0.15) is 12.0 Å². The Labute approximate surface area is 155 Å². The zero-order valence-electron chi connectivity index (χ0n) is 14.8. The Morgan fingerprint density at radius 2 is 2.04 bits per heavy atom. The number of nitrogens with one attached hydrogen (secondary N) is 1. The number of carbonyl (C=O) groups excluding carboxylic acids is 2. The highest BCUT2D eigenvalue weighted by Crippen LogP contribution is 2.24. The van der Waals surface area contributed by atoms with Crippen LogP contribution in [0.2, 0.25) is 0 Å². The van der Waals surface area contributed by atoms with Crippen LogP contribution in [0, 0.1) is 16.0 Å². The van der Waals surface area contributed by atoms with Crippen molar-refractivity contribution < 1.29 is 19.2 Å². The van der Waals surface area contributed by atoms with E-state index in [4.69, 9.17) is 4.74 Å². The maximum absolute atomic E-state index is 12.4. The second-order valence-corrected chi connectivity index (χ2v) is 6.32. The average molecular weight is 369 g/mol. The summed E-state index contributed by atoms with van der Waals surface area (Å²) in [6, 6.07) is 13.1. The summed E-state index contributed by atoms with van der Waals surface area (Å²) in [6.07, 6.45) is 0.122. The van der Waals surface area contributed by atoms with Gasteiger partial charge in [0, 0.05) is 37.3 Å². The van der Waals surface area contributed by atoms with E-state index >= 15 is 0 Å². The second kappa shape index (κ2) is 7.86. The molecule has 0 saturated carbocycles. The minimum absolute atomic E-state index is 0.0926. The summed E-state index contributed by atoms with van der Waals surface area (Å²) < 4.78 is 5.11. The quantitative estimate of drug-likeness (QED) is 0.623. The molecule has 0 bridgehead atoms. The van der Waals surface area contributed by atoms with Gasteiger partial charge in [-0.1, -0.05) is 18.2 Å². The van der Waals surface area contributed by atoms with Crippen molar-refractivity contribution in [3.63, 3.8) is 0 Å². The zero-order valence-corrected chi connectivity index (χ0v) is 14.8. The number of carbonyl (C=O) groups is 2. The summed E-state index contributed by atoms with van der Waals surface area (Å²) in [5.41, 5.74) is 1.19. The molecule has 140 valence electrons. The van der Waals surface area contributed by atoms with Crippen molar-refractivity contribution in [3.05, 3.63) is 64.2 Å². The molecule has 1 aliphatic heterocycles. The van der Waals surface area contributed by atoms with Crippen molar-refractivity contribution in [2.24, 2.45) is 5.92 Å². The van der Waals surface area contributed by atoms with E-state index in [0.717, 1.165) is 11.3 Å². The van der Waals surface area contributed by atoms with E-state index < -0.39 is 10.8 Å². The number of ether oxygens (including phenoxy) is 1. The Hall–Kier alpha value is -3.42. The van der Waals surface area contributed by atoms with Gasteiger partial charge in [0.05, 0.1) is 18.0 Å². The van der Waals surface area contributed by atoms with Crippen molar-refractivity contribution in [1.29, 1.82) is 0 Å². The maximum Gasteiger partial charge on any atom is 0.271 e. The van der Waals surface area contributed by atoms with Crippen LogP contribution in [-0.4, -0.2) is 35.3 Å². The van der Waals surface area contributed by atoms with Gasteiger partial charge < -0.3 is 15.0 Å². The number of rotatable bonds is 6. The van der Waals surface area contributed by atoms with Crippen LogP contribution in [0.15, 0.2) is 48.5 Å². The smallest absolute Gasteiger partial charge is 0.271 e. The number of hydrogen-bond acceptors (Lipinski definition) is 5. The van der Waals surface area contributed by atoms with E-state index in [1.807, 2.05) is 24.3 Å². The van der Waals surface area contributed by atoms with Gasteiger partial charge in [-0.15, -0.1) is 0 Å². The molecule has 8 nitrogen and oxygen atoms in total. The number of benzene rings is 2. The van der Waals surface area contributed by atoms with Gasteiger partial charge in [-0.2, -0.15) is 0 Å². The lowest BCUT2D eigenvalue weighted by atomic mass is 10.1. The standard InChI is InChI=1S/C19H19N3O5/c1-27-17-7-5-13(6-8-17)11-21-12-14(9-18(21)23)19(24)20-15-3-2-4-16(10-15)22(25)26/h2-8,10,14H,9,11-12H2,1H3,(H,20,24)/t14-/m1/s1. The fourth-order valence-electron chi connectivity index (χ4n) is 2.99. The molecule has 2 aromatic rings. The molecular weight excluding hydrogens is 350 g/mol. The van der Waals surface area contributed by atoms with Crippen LogP contribution in [-0.2, 0) is 16.1 Å². The van der Waals surface area contributed by atoms with E-state index in [-0.39, 0.29) is 23.9 Å². The summed E-state index contributed by atoms with van der Waals surface area (Å²) in [7, 11) is 1.59. The molecule has 1 fully saturated rings. The van der Waals surface area contributed by atoms with Crippen LogP contribution in [0.3, 0.4) is 0 Å². The minimum atomic E-state index is -0.522. The number of nitro groups is 1. The first-order chi connectivity index (χ1) is 13.0. The average Bonchev–Trinajstić information content (AvgIpc) is 3.03.